The first-order chi connectivity index (χ1) is 11.8. The molecule has 1 aliphatic carbocycles. The van der Waals surface area contributed by atoms with Gasteiger partial charge in [-0.15, -0.1) is 0 Å². The molecule has 4 rings (SSSR count). The second-order valence-corrected chi connectivity index (χ2v) is 6.95. The summed E-state index contributed by atoms with van der Waals surface area (Å²) in [6.45, 7) is 6.63. The molecular weight excluding hydrogens is 318 g/mol. The molecule has 5 heteroatoms. The lowest BCUT2D eigenvalue weighted by Crippen LogP contribution is -2.48. The highest BCUT2D eigenvalue weighted by atomic mass is 16.7. The minimum Gasteiger partial charge on any atom is -0.454 e. The van der Waals surface area contributed by atoms with Gasteiger partial charge in [0.25, 0.3) is 5.79 Å². The average molecular weight is 339 g/mol. The van der Waals surface area contributed by atoms with E-state index in [0.717, 1.165) is 5.56 Å². The largest absolute Gasteiger partial charge is 0.454 e. The van der Waals surface area contributed by atoms with Gasteiger partial charge in [-0.2, -0.15) is 0 Å². The second-order valence-electron chi connectivity index (χ2n) is 6.95. The molecule has 2 atom stereocenters. The Morgan fingerprint density at radius 3 is 2.60 bits per heavy atom. The van der Waals surface area contributed by atoms with Crippen LogP contribution in [0.15, 0.2) is 36.4 Å². The quantitative estimate of drug-likeness (QED) is 0.801. The zero-order valence-corrected chi connectivity index (χ0v) is 14.5. The van der Waals surface area contributed by atoms with Crippen LogP contribution in [0, 0.1) is 0 Å². The summed E-state index contributed by atoms with van der Waals surface area (Å²) >= 11 is 0. The Morgan fingerprint density at radius 2 is 1.92 bits per heavy atom. The van der Waals surface area contributed by atoms with Crippen LogP contribution < -0.4 is 10.1 Å². The van der Waals surface area contributed by atoms with E-state index in [0.29, 0.717) is 29.1 Å². The van der Waals surface area contributed by atoms with Crippen LogP contribution in [-0.2, 0) is 11.4 Å². The first-order valence-electron chi connectivity index (χ1n) is 8.55. The molecule has 130 valence electrons. The van der Waals surface area contributed by atoms with E-state index in [1.54, 1.807) is 30.3 Å². The molecule has 0 saturated heterocycles. The van der Waals surface area contributed by atoms with Crippen molar-refractivity contribution in [2.75, 3.05) is 11.9 Å². The molecule has 3 N–H and O–H groups in total. The number of aliphatic hydroxyl groups is 2. The lowest BCUT2D eigenvalue weighted by atomic mass is 9.86. The predicted molar refractivity (Wildman–Crippen MR) is 93.9 cm³/mol. The molecule has 0 bridgehead atoms. The fourth-order valence-corrected chi connectivity index (χ4v) is 3.82. The summed E-state index contributed by atoms with van der Waals surface area (Å²) in [5.74, 6) is -2.04. The van der Waals surface area contributed by atoms with Crippen LogP contribution in [0.2, 0.25) is 0 Å². The number of carbonyl (C=O) groups is 1. The van der Waals surface area contributed by atoms with E-state index in [4.69, 9.17) is 4.74 Å². The molecule has 0 aromatic heterocycles. The number of benzene rings is 2. The van der Waals surface area contributed by atoms with E-state index in [1.165, 1.54) is 0 Å². The van der Waals surface area contributed by atoms with Crippen molar-refractivity contribution in [3.63, 3.8) is 0 Å². The summed E-state index contributed by atoms with van der Waals surface area (Å²) in [6, 6.07) is 10.4. The fourth-order valence-electron chi connectivity index (χ4n) is 3.82. The van der Waals surface area contributed by atoms with Gasteiger partial charge in [-0.1, -0.05) is 38.1 Å². The fraction of sp³-hybridized carbons (Fsp3) is 0.350. The highest BCUT2D eigenvalue weighted by molar-refractivity contribution is 6.13. The highest BCUT2D eigenvalue weighted by Gasteiger charge is 2.70. The standard InChI is InChI=1S/C20H21NO4/c1-4-21-15-7-5-6-14-17(15)18(22)19(23)13-9-8-12(11(2)3)10-16(13)25-20(14,19)24/h5-11,21,23-24H,4H2,1-3H3. The maximum atomic E-state index is 13.2. The molecule has 2 aliphatic rings. The van der Waals surface area contributed by atoms with Crippen LogP contribution in [0.3, 0.4) is 0 Å². The third-order valence-corrected chi connectivity index (χ3v) is 5.16. The third-order valence-electron chi connectivity index (χ3n) is 5.16. The van der Waals surface area contributed by atoms with E-state index in [9.17, 15) is 15.0 Å². The molecule has 25 heavy (non-hydrogen) atoms. The number of ketones is 1. The Kier molecular flexibility index (Phi) is 3.27. The summed E-state index contributed by atoms with van der Waals surface area (Å²) in [7, 11) is 0. The van der Waals surface area contributed by atoms with Gasteiger partial charge in [0, 0.05) is 23.4 Å². The van der Waals surface area contributed by atoms with E-state index in [1.807, 2.05) is 26.8 Å². The molecule has 5 nitrogen and oxygen atoms in total. The maximum absolute atomic E-state index is 13.2. The van der Waals surface area contributed by atoms with Gasteiger partial charge in [0.1, 0.15) is 5.75 Å². The normalized spacial score (nSPS) is 26.2. The van der Waals surface area contributed by atoms with E-state index in [-0.39, 0.29) is 11.5 Å². The van der Waals surface area contributed by atoms with Gasteiger partial charge >= 0.3 is 0 Å². The van der Waals surface area contributed by atoms with Crippen LogP contribution in [-0.4, -0.2) is 22.5 Å². The number of fused-ring (bicyclic) bond motifs is 5. The Labute approximate surface area is 146 Å². The summed E-state index contributed by atoms with van der Waals surface area (Å²) < 4.78 is 5.80. The van der Waals surface area contributed by atoms with Gasteiger partial charge in [0.2, 0.25) is 11.4 Å². The van der Waals surface area contributed by atoms with Crippen molar-refractivity contribution < 1.29 is 19.7 Å². The topological polar surface area (TPSA) is 78.8 Å². The van der Waals surface area contributed by atoms with Crippen molar-refractivity contribution in [2.24, 2.45) is 0 Å². The van der Waals surface area contributed by atoms with Crippen LogP contribution in [0.4, 0.5) is 5.69 Å². The first-order valence-corrected chi connectivity index (χ1v) is 8.55. The molecule has 2 aromatic carbocycles. The maximum Gasteiger partial charge on any atom is 0.276 e. The second kappa shape index (κ2) is 5.07. The van der Waals surface area contributed by atoms with Gasteiger partial charge in [0.05, 0.1) is 5.56 Å². The summed E-state index contributed by atoms with van der Waals surface area (Å²) in [4.78, 5) is 13.2. The number of nitrogens with one attached hydrogen (secondary N) is 1. The summed E-state index contributed by atoms with van der Waals surface area (Å²) in [5, 5.41) is 25.6. The number of Topliss-reactive ketones (excluding diaryl/α,β-unsaturated/α-hetero) is 1. The number of hydrogen-bond acceptors (Lipinski definition) is 5. The number of anilines is 1. The number of ether oxygens (including phenoxy) is 1. The van der Waals surface area contributed by atoms with Crippen LogP contribution in [0.25, 0.3) is 0 Å². The molecule has 0 amide bonds. The van der Waals surface area contributed by atoms with Gasteiger partial charge < -0.3 is 20.3 Å². The predicted octanol–water partition coefficient (Wildman–Crippen LogP) is 2.86. The van der Waals surface area contributed by atoms with E-state index in [2.05, 4.69) is 5.32 Å². The molecule has 1 heterocycles. The van der Waals surface area contributed by atoms with Crippen molar-refractivity contribution in [1.29, 1.82) is 0 Å². The van der Waals surface area contributed by atoms with Gasteiger partial charge in [-0.3, -0.25) is 4.79 Å². The van der Waals surface area contributed by atoms with E-state index >= 15 is 0 Å². The van der Waals surface area contributed by atoms with E-state index < -0.39 is 17.2 Å². The minimum absolute atomic E-state index is 0.266. The molecule has 1 aliphatic heterocycles. The lowest BCUT2D eigenvalue weighted by molar-refractivity contribution is -0.224. The zero-order chi connectivity index (χ0) is 18.0. The molecule has 0 fully saturated rings. The Morgan fingerprint density at radius 1 is 1.16 bits per heavy atom. The molecule has 0 spiro atoms. The van der Waals surface area contributed by atoms with Crippen molar-refractivity contribution in [3.8, 4) is 5.75 Å². The molecule has 0 radical (unpaired) electrons. The molecular formula is C20H21NO4. The van der Waals surface area contributed by atoms with Crippen LogP contribution in [0.1, 0.15) is 53.7 Å². The van der Waals surface area contributed by atoms with Gasteiger partial charge in [-0.25, -0.2) is 0 Å². The Bertz CT molecular complexity index is 891. The van der Waals surface area contributed by atoms with Gasteiger partial charge in [0.15, 0.2) is 0 Å². The van der Waals surface area contributed by atoms with Gasteiger partial charge in [-0.05, 0) is 30.5 Å². The SMILES string of the molecule is CCNc1cccc2c1C(=O)C1(O)c3ccc(C(C)C)cc3OC21O. The molecule has 2 unspecified atom stereocenters. The molecule has 0 saturated carbocycles. The minimum atomic E-state index is -2.13. The number of hydrogen-bond donors (Lipinski definition) is 3. The third kappa shape index (κ3) is 1.82. The Balaban J connectivity index is 1.93. The monoisotopic (exact) mass is 339 g/mol. The smallest absolute Gasteiger partial charge is 0.276 e. The van der Waals surface area contributed by atoms with Crippen LogP contribution in [0.5, 0.6) is 5.75 Å². The first kappa shape index (κ1) is 16.1. The Hall–Kier alpha value is -2.37. The van der Waals surface area contributed by atoms with Crippen LogP contribution >= 0.6 is 0 Å². The summed E-state index contributed by atoms with van der Waals surface area (Å²) in [6.07, 6.45) is 0. The highest BCUT2D eigenvalue weighted by Crippen LogP contribution is 2.59. The molecule has 2 aromatic rings. The number of rotatable bonds is 3. The average Bonchev–Trinajstić information content (AvgIpc) is 2.91. The van der Waals surface area contributed by atoms with Crippen molar-refractivity contribution >= 4 is 11.5 Å². The lowest BCUT2D eigenvalue weighted by Gasteiger charge is -2.28. The number of carbonyl (C=O) groups excluding carboxylic acids is 1. The van der Waals surface area contributed by atoms with Crippen molar-refractivity contribution in [2.45, 2.75) is 38.1 Å². The zero-order valence-electron chi connectivity index (χ0n) is 14.5. The summed E-state index contributed by atoms with van der Waals surface area (Å²) in [5.41, 5.74) is 0.355. The van der Waals surface area contributed by atoms with Crippen molar-refractivity contribution in [1.82, 2.24) is 0 Å². The van der Waals surface area contributed by atoms with Crippen molar-refractivity contribution in [3.05, 3.63) is 58.7 Å².